The Kier molecular flexibility index (Phi) is 2.32. The molecule has 0 unspecified atom stereocenters. The SMILES string of the molecule is Nc1cccc(O)c1-c1cc(O)ccc1O. The second-order valence-corrected chi connectivity index (χ2v) is 3.44. The summed E-state index contributed by atoms with van der Waals surface area (Å²) in [5, 5.41) is 28.7. The number of phenolic OH excluding ortho intramolecular Hbond substituents is 3. The van der Waals surface area contributed by atoms with Crippen LogP contribution in [0.25, 0.3) is 11.1 Å². The molecule has 16 heavy (non-hydrogen) atoms. The van der Waals surface area contributed by atoms with Crippen molar-refractivity contribution in [1.29, 1.82) is 0 Å². The molecule has 0 bridgehead atoms. The van der Waals surface area contributed by atoms with Crippen molar-refractivity contribution in [2.75, 3.05) is 5.73 Å². The first-order valence-electron chi connectivity index (χ1n) is 4.69. The minimum Gasteiger partial charge on any atom is -0.508 e. The van der Waals surface area contributed by atoms with E-state index in [1.165, 1.54) is 24.3 Å². The quantitative estimate of drug-likeness (QED) is 0.435. The van der Waals surface area contributed by atoms with Gasteiger partial charge in [0.1, 0.15) is 17.2 Å². The van der Waals surface area contributed by atoms with Gasteiger partial charge in [-0.05, 0) is 30.3 Å². The summed E-state index contributed by atoms with van der Waals surface area (Å²) >= 11 is 0. The zero-order valence-electron chi connectivity index (χ0n) is 8.38. The van der Waals surface area contributed by atoms with Gasteiger partial charge in [-0.1, -0.05) is 6.07 Å². The van der Waals surface area contributed by atoms with Crippen molar-refractivity contribution in [2.24, 2.45) is 0 Å². The van der Waals surface area contributed by atoms with Crippen LogP contribution >= 0.6 is 0 Å². The Morgan fingerprint density at radius 2 is 1.62 bits per heavy atom. The molecule has 0 aliphatic rings. The van der Waals surface area contributed by atoms with Gasteiger partial charge >= 0.3 is 0 Å². The lowest BCUT2D eigenvalue weighted by atomic mass is 10.0. The van der Waals surface area contributed by atoms with Crippen molar-refractivity contribution >= 4 is 5.69 Å². The maximum Gasteiger partial charge on any atom is 0.125 e. The fourth-order valence-corrected chi connectivity index (χ4v) is 1.58. The van der Waals surface area contributed by atoms with Crippen LogP contribution in [0.1, 0.15) is 0 Å². The van der Waals surface area contributed by atoms with E-state index < -0.39 is 0 Å². The summed E-state index contributed by atoms with van der Waals surface area (Å²) in [6, 6.07) is 8.73. The topological polar surface area (TPSA) is 86.7 Å². The molecule has 0 radical (unpaired) electrons. The molecule has 0 fully saturated rings. The van der Waals surface area contributed by atoms with Crippen molar-refractivity contribution < 1.29 is 15.3 Å². The lowest BCUT2D eigenvalue weighted by Crippen LogP contribution is -1.90. The van der Waals surface area contributed by atoms with E-state index in [2.05, 4.69) is 0 Å². The zero-order valence-corrected chi connectivity index (χ0v) is 8.38. The average Bonchev–Trinajstić information content (AvgIpc) is 2.23. The molecule has 82 valence electrons. The number of aromatic hydroxyl groups is 3. The van der Waals surface area contributed by atoms with Crippen molar-refractivity contribution in [3.63, 3.8) is 0 Å². The second-order valence-electron chi connectivity index (χ2n) is 3.44. The van der Waals surface area contributed by atoms with E-state index >= 15 is 0 Å². The number of benzene rings is 2. The lowest BCUT2D eigenvalue weighted by molar-refractivity contribution is 0.459. The highest BCUT2D eigenvalue weighted by atomic mass is 16.3. The third-order valence-electron chi connectivity index (χ3n) is 2.32. The van der Waals surface area contributed by atoms with Gasteiger partial charge in [0.2, 0.25) is 0 Å². The molecule has 4 heteroatoms. The van der Waals surface area contributed by atoms with Crippen LogP contribution in [0.5, 0.6) is 17.2 Å². The van der Waals surface area contributed by atoms with E-state index in [0.717, 1.165) is 0 Å². The normalized spacial score (nSPS) is 10.2. The van der Waals surface area contributed by atoms with Crippen molar-refractivity contribution in [2.45, 2.75) is 0 Å². The van der Waals surface area contributed by atoms with Gasteiger partial charge in [0.15, 0.2) is 0 Å². The Bertz CT molecular complexity index is 518. The molecule has 0 saturated heterocycles. The van der Waals surface area contributed by atoms with Crippen LogP contribution < -0.4 is 5.73 Å². The molecular formula is C12H11NO3. The number of phenols is 3. The highest BCUT2D eigenvalue weighted by molar-refractivity contribution is 5.85. The number of nitrogen functional groups attached to an aromatic ring is 1. The molecule has 0 aliphatic carbocycles. The van der Waals surface area contributed by atoms with Crippen LogP contribution in [0, 0.1) is 0 Å². The molecule has 2 aromatic rings. The molecule has 2 rings (SSSR count). The molecule has 0 aliphatic heterocycles. The van der Waals surface area contributed by atoms with Gasteiger partial charge < -0.3 is 21.1 Å². The van der Waals surface area contributed by atoms with Gasteiger partial charge in [-0.3, -0.25) is 0 Å². The molecule has 0 atom stereocenters. The van der Waals surface area contributed by atoms with Gasteiger partial charge in [0.05, 0.1) is 5.56 Å². The Labute approximate surface area is 92.2 Å². The molecule has 0 amide bonds. The summed E-state index contributed by atoms with van der Waals surface area (Å²) < 4.78 is 0. The molecule has 2 aromatic carbocycles. The summed E-state index contributed by atoms with van der Waals surface area (Å²) in [6.07, 6.45) is 0. The summed E-state index contributed by atoms with van der Waals surface area (Å²) in [7, 11) is 0. The molecule has 0 aromatic heterocycles. The fourth-order valence-electron chi connectivity index (χ4n) is 1.58. The Morgan fingerprint density at radius 1 is 0.875 bits per heavy atom. The summed E-state index contributed by atoms with van der Waals surface area (Å²) in [4.78, 5) is 0. The van der Waals surface area contributed by atoms with Gasteiger partial charge in [-0.2, -0.15) is 0 Å². The van der Waals surface area contributed by atoms with Crippen LogP contribution in [0.2, 0.25) is 0 Å². The van der Waals surface area contributed by atoms with Gasteiger partial charge in [0.25, 0.3) is 0 Å². The third kappa shape index (κ3) is 1.61. The van der Waals surface area contributed by atoms with Crippen LogP contribution in [-0.4, -0.2) is 15.3 Å². The standard InChI is InChI=1S/C12H11NO3/c13-9-2-1-3-11(16)12(9)8-6-7(14)4-5-10(8)15/h1-6,14-16H,13H2. The molecule has 4 nitrogen and oxygen atoms in total. The maximum atomic E-state index is 9.69. The minimum absolute atomic E-state index is 0.00421. The first-order chi connectivity index (χ1) is 7.59. The van der Waals surface area contributed by atoms with Gasteiger partial charge in [0, 0.05) is 11.3 Å². The van der Waals surface area contributed by atoms with Crippen LogP contribution in [0.3, 0.4) is 0 Å². The van der Waals surface area contributed by atoms with Crippen LogP contribution in [0.15, 0.2) is 36.4 Å². The van der Waals surface area contributed by atoms with Gasteiger partial charge in [-0.15, -0.1) is 0 Å². The lowest BCUT2D eigenvalue weighted by Gasteiger charge is -2.10. The third-order valence-corrected chi connectivity index (χ3v) is 2.32. The molecular weight excluding hydrogens is 206 g/mol. The highest BCUT2D eigenvalue weighted by Gasteiger charge is 2.12. The van der Waals surface area contributed by atoms with Crippen molar-refractivity contribution in [1.82, 2.24) is 0 Å². The summed E-state index contributed by atoms with van der Waals surface area (Å²) in [5.41, 5.74) is 6.67. The first kappa shape index (κ1) is 10.2. The smallest absolute Gasteiger partial charge is 0.125 e. The van der Waals surface area contributed by atoms with E-state index in [9.17, 15) is 15.3 Å². The van der Waals surface area contributed by atoms with E-state index in [-0.39, 0.29) is 17.2 Å². The number of rotatable bonds is 1. The van der Waals surface area contributed by atoms with Crippen LogP contribution in [0.4, 0.5) is 5.69 Å². The highest BCUT2D eigenvalue weighted by Crippen LogP contribution is 2.40. The molecule has 0 saturated carbocycles. The Balaban J connectivity index is 2.72. The second kappa shape index (κ2) is 3.66. The number of nitrogens with two attached hydrogens (primary N) is 1. The summed E-state index contributed by atoms with van der Waals surface area (Å²) in [6.45, 7) is 0. The van der Waals surface area contributed by atoms with Gasteiger partial charge in [-0.25, -0.2) is 0 Å². The van der Waals surface area contributed by atoms with E-state index in [0.29, 0.717) is 16.8 Å². The number of hydrogen-bond acceptors (Lipinski definition) is 4. The first-order valence-corrected chi connectivity index (χ1v) is 4.69. The number of anilines is 1. The average molecular weight is 217 g/mol. The predicted molar refractivity (Wildman–Crippen MR) is 61.3 cm³/mol. The summed E-state index contributed by atoms with van der Waals surface area (Å²) in [5.74, 6) is -0.0950. The largest absolute Gasteiger partial charge is 0.508 e. The Morgan fingerprint density at radius 3 is 2.31 bits per heavy atom. The van der Waals surface area contributed by atoms with Crippen molar-refractivity contribution in [3.05, 3.63) is 36.4 Å². The monoisotopic (exact) mass is 217 g/mol. The number of hydrogen-bond donors (Lipinski definition) is 4. The minimum atomic E-state index is -0.0500. The van der Waals surface area contributed by atoms with Crippen LogP contribution in [-0.2, 0) is 0 Å². The molecule has 5 N–H and O–H groups in total. The maximum absolute atomic E-state index is 9.69. The molecule has 0 spiro atoms. The van der Waals surface area contributed by atoms with E-state index in [4.69, 9.17) is 5.73 Å². The Hall–Kier alpha value is -2.36. The van der Waals surface area contributed by atoms with E-state index in [1.54, 1.807) is 12.1 Å². The van der Waals surface area contributed by atoms with E-state index in [1.807, 2.05) is 0 Å². The fraction of sp³-hybridized carbons (Fsp3) is 0. The molecule has 0 heterocycles. The van der Waals surface area contributed by atoms with Crippen molar-refractivity contribution in [3.8, 4) is 28.4 Å². The predicted octanol–water partition coefficient (Wildman–Crippen LogP) is 2.05. The zero-order chi connectivity index (χ0) is 11.7.